The van der Waals surface area contributed by atoms with Gasteiger partial charge in [-0.3, -0.25) is 0 Å². The monoisotopic (exact) mass is 753 g/mol. The van der Waals surface area contributed by atoms with Crippen LogP contribution in [0.4, 0.5) is 0 Å². The second-order valence-electron chi connectivity index (χ2n) is 12.8. The van der Waals surface area contributed by atoms with Crippen LogP contribution in [-0.4, -0.2) is 237 Å². The molecule has 0 bridgehead atoms. The molecule has 0 amide bonds. The maximum Gasteiger partial charge on any atom is 0.364 e. The van der Waals surface area contributed by atoms with E-state index < -0.39 is 161 Å². The predicted molar refractivity (Wildman–Crippen MR) is 153 cm³/mol. The maximum absolute atomic E-state index is 11.8. The molecular formula is C27H47NO23. The van der Waals surface area contributed by atoms with Gasteiger partial charge in [0.1, 0.15) is 91.6 Å². The highest BCUT2D eigenvalue weighted by Crippen LogP contribution is 2.36. The molecule has 4 fully saturated rings. The van der Waals surface area contributed by atoms with E-state index >= 15 is 0 Å². The molecule has 21 atom stereocenters. The first-order chi connectivity index (χ1) is 23.9. The van der Waals surface area contributed by atoms with Crippen LogP contribution in [0.1, 0.15) is 6.42 Å². The number of carbonyl (C=O) groups is 1. The normalized spacial score (nSPS) is 48.5. The first kappa shape index (κ1) is 42.3. The summed E-state index contributed by atoms with van der Waals surface area (Å²) in [6.07, 6.45) is -38.2. The summed E-state index contributed by atoms with van der Waals surface area (Å²) >= 11 is 0. The maximum atomic E-state index is 11.8. The van der Waals surface area contributed by atoms with Gasteiger partial charge in [0.2, 0.25) is 0 Å². The summed E-state index contributed by atoms with van der Waals surface area (Å²) in [5.41, 5.74) is 5.61. The summed E-state index contributed by atoms with van der Waals surface area (Å²) in [7, 11) is 0. The Hall–Kier alpha value is -1.41. The molecule has 0 aliphatic carbocycles. The SMILES string of the molecule is N[C@H]1CO[C@H](OC[C@@H](O)[C@H]2O[C@@](O)(C(=O)O)C[C@@H](O)[C@H]2O[C@H]2O[C@H]([C@@H](O)CO)[C@@H](O)[C@H](O[C@H]3O[C@H]([C@@H](O)CO)[C@@H](O)[C@H](O)[C@@H]3O)[C@@H]2O)[C@H](O)[C@H]1O. The van der Waals surface area contributed by atoms with Gasteiger partial charge in [0.25, 0.3) is 5.79 Å². The second kappa shape index (κ2) is 17.4. The van der Waals surface area contributed by atoms with E-state index in [-0.39, 0.29) is 6.61 Å². The second-order valence-corrected chi connectivity index (χ2v) is 12.8. The fraction of sp³-hybridized carbons (Fsp3) is 0.963. The van der Waals surface area contributed by atoms with Crippen molar-refractivity contribution in [3.8, 4) is 0 Å². The lowest BCUT2D eigenvalue weighted by molar-refractivity contribution is -0.387. The van der Waals surface area contributed by atoms with E-state index in [1.165, 1.54) is 0 Å². The van der Waals surface area contributed by atoms with Crippen LogP contribution in [0, 0.1) is 0 Å². The zero-order chi connectivity index (χ0) is 38.1. The summed E-state index contributed by atoms with van der Waals surface area (Å²) in [5.74, 6) is -5.13. The van der Waals surface area contributed by atoms with E-state index in [0.29, 0.717) is 0 Å². The van der Waals surface area contributed by atoms with E-state index in [0.717, 1.165) is 0 Å². The molecule has 0 saturated carbocycles. The van der Waals surface area contributed by atoms with Gasteiger partial charge in [0.05, 0.1) is 38.6 Å². The Balaban J connectivity index is 1.58. The molecule has 4 aliphatic heterocycles. The van der Waals surface area contributed by atoms with E-state index in [1.807, 2.05) is 0 Å². The topological polar surface area (TPSA) is 411 Å². The first-order valence-corrected chi connectivity index (χ1v) is 15.8. The highest BCUT2D eigenvalue weighted by Gasteiger charge is 2.57. The molecule has 4 saturated heterocycles. The third-order valence-electron chi connectivity index (χ3n) is 9.09. The van der Waals surface area contributed by atoms with Crippen molar-refractivity contribution >= 4 is 5.97 Å². The van der Waals surface area contributed by atoms with Gasteiger partial charge in [-0.2, -0.15) is 0 Å². The zero-order valence-corrected chi connectivity index (χ0v) is 26.6. The largest absolute Gasteiger partial charge is 0.477 e. The van der Waals surface area contributed by atoms with Crippen LogP contribution in [0.5, 0.6) is 0 Å². The predicted octanol–water partition coefficient (Wildman–Crippen LogP) is -10.6. The average molecular weight is 754 g/mol. The Morgan fingerprint density at radius 1 is 0.706 bits per heavy atom. The van der Waals surface area contributed by atoms with Crippen molar-refractivity contribution < 1.29 is 115 Å². The van der Waals surface area contributed by atoms with Crippen molar-refractivity contribution in [3.05, 3.63) is 0 Å². The number of hydrogen-bond acceptors (Lipinski definition) is 23. The number of carboxylic acids is 1. The van der Waals surface area contributed by atoms with Crippen molar-refractivity contribution in [1.82, 2.24) is 0 Å². The van der Waals surface area contributed by atoms with Gasteiger partial charge in [-0.25, -0.2) is 4.79 Å². The Labute approximate surface area is 287 Å². The minimum absolute atomic E-state index is 0.278. The van der Waals surface area contributed by atoms with Crippen LogP contribution < -0.4 is 5.73 Å². The smallest absolute Gasteiger partial charge is 0.364 e. The standard InChI is InChI=1S/C27H47NO23/c28-6-4-45-23(14(38)11(6)35)46-5-10(34)21-20(7(31)1-27(44,51-21)26(42)43)49-25-17(41)22(16(40)19(48-25)9(33)3-30)50-24-15(39)12(36)13(37)18(47-24)8(32)2-29/h6-25,29-41,44H,1-5,28H2,(H,42,43)/t6-,7+,8-,9-,10+,11-,12-,13-,14+,15-,16+,17-,18+,19+,20+,21+,22-,23+,24+,25+,27+/m0/s1. The van der Waals surface area contributed by atoms with Crippen molar-refractivity contribution in [3.63, 3.8) is 0 Å². The molecule has 24 heteroatoms. The molecule has 4 heterocycles. The molecule has 4 aliphatic rings. The molecule has 51 heavy (non-hydrogen) atoms. The van der Waals surface area contributed by atoms with E-state index in [4.69, 9.17) is 38.9 Å². The van der Waals surface area contributed by atoms with Crippen LogP contribution in [0.15, 0.2) is 0 Å². The third-order valence-corrected chi connectivity index (χ3v) is 9.09. The van der Waals surface area contributed by atoms with Gasteiger partial charge in [-0.15, -0.1) is 0 Å². The van der Waals surface area contributed by atoms with Gasteiger partial charge < -0.3 is 115 Å². The number of aliphatic hydroxyl groups is 14. The molecular weight excluding hydrogens is 706 g/mol. The van der Waals surface area contributed by atoms with E-state index in [2.05, 4.69) is 0 Å². The molecule has 0 radical (unpaired) electrons. The molecule has 0 unspecified atom stereocenters. The minimum Gasteiger partial charge on any atom is -0.477 e. The summed E-state index contributed by atoms with van der Waals surface area (Å²) < 4.78 is 37.7. The number of rotatable bonds is 13. The Kier molecular flexibility index (Phi) is 14.4. The number of aliphatic hydroxyl groups excluding tert-OH is 13. The van der Waals surface area contributed by atoms with E-state index in [9.17, 15) is 81.4 Å². The fourth-order valence-corrected chi connectivity index (χ4v) is 6.09. The lowest BCUT2D eigenvalue weighted by atomic mass is 9.91. The van der Waals surface area contributed by atoms with Crippen molar-refractivity contribution in [2.75, 3.05) is 26.4 Å². The molecule has 0 spiro atoms. The van der Waals surface area contributed by atoms with Crippen LogP contribution in [0.2, 0.25) is 0 Å². The number of aliphatic carboxylic acids is 1. The Morgan fingerprint density at radius 3 is 1.80 bits per heavy atom. The van der Waals surface area contributed by atoms with Crippen molar-refractivity contribution in [2.45, 2.75) is 135 Å². The molecule has 0 aromatic carbocycles. The molecule has 0 aromatic heterocycles. The fourth-order valence-electron chi connectivity index (χ4n) is 6.09. The van der Waals surface area contributed by atoms with E-state index in [1.54, 1.807) is 0 Å². The van der Waals surface area contributed by atoms with Gasteiger partial charge >= 0.3 is 5.97 Å². The molecule has 17 N–H and O–H groups in total. The summed E-state index contributed by atoms with van der Waals surface area (Å²) in [4.78, 5) is 11.8. The van der Waals surface area contributed by atoms with Crippen molar-refractivity contribution in [2.24, 2.45) is 5.73 Å². The number of nitrogens with two attached hydrogens (primary N) is 1. The van der Waals surface area contributed by atoms with Gasteiger partial charge in [0.15, 0.2) is 18.9 Å². The molecule has 0 aromatic rings. The van der Waals surface area contributed by atoms with Crippen molar-refractivity contribution in [1.29, 1.82) is 0 Å². The Bertz CT molecular complexity index is 1130. The van der Waals surface area contributed by atoms with Crippen LogP contribution in [0.25, 0.3) is 0 Å². The highest BCUT2D eigenvalue weighted by atomic mass is 16.8. The third kappa shape index (κ3) is 8.94. The van der Waals surface area contributed by atoms with Crippen LogP contribution >= 0.6 is 0 Å². The number of hydrogen-bond donors (Lipinski definition) is 16. The molecule has 298 valence electrons. The molecule has 4 rings (SSSR count). The zero-order valence-electron chi connectivity index (χ0n) is 26.6. The van der Waals surface area contributed by atoms with Crippen LogP contribution in [-0.2, 0) is 38.0 Å². The Morgan fingerprint density at radius 2 is 1.24 bits per heavy atom. The first-order valence-electron chi connectivity index (χ1n) is 15.8. The quantitative estimate of drug-likeness (QED) is 0.0830. The van der Waals surface area contributed by atoms with Crippen LogP contribution in [0.3, 0.4) is 0 Å². The minimum atomic E-state index is -3.13. The summed E-state index contributed by atoms with van der Waals surface area (Å²) in [6.45, 7) is -3.22. The molecule has 24 nitrogen and oxygen atoms in total. The van der Waals surface area contributed by atoms with Gasteiger partial charge in [-0.1, -0.05) is 0 Å². The average Bonchev–Trinajstić information content (AvgIpc) is 3.09. The summed E-state index contributed by atoms with van der Waals surface area (Å²) in [5, 5.41) is 155. The lowest BCUT2D eigenvalue weighted by Gasteiger charge is -2.49. The van der Waals surface area contributed by atoms with Gasteiger partial charge in [-0.05, 0) is 0 Å². The number of ether oxygens (including phenoxy) is 7. The highest BCUT2D eigenvalue weighted by molar-refractivity contribution is 5.75. The summed E-state index contributed by atoms with van der Waals surface area (Å²) in [6, 6.07) is -0.982. The number of carboxylic acid groups (broad SMARTS) is 1. The lowest BCUT2D eigenvalue weighted by Crippen LogP contribution is -2.68. The van der Waals surface area contributed by atoms with Gasteiger partial charge in [0, 0.05) is 6.42 Å².